The van der Waals surface area contributed by atoms with E-state index in [-0.39, 0.29) is 11.3 Å². The molecule has 1 aliphatic carbocycles. The number of piperidine rings is 1. The maximum Gasteiger partial charge on any atom is 0.225 e. The van der Waals surface area contributed by atoms with Crippen LogP contribution in [0.1, 0.15) is 54.0 Å². The number of amides is 1. The fourth-order valence-corrected chi connectivity index (χ4v) is 4.74. The molecular formula is C21H29N5O2. The molecule has 1 saturated heterocycles. The van der Waals surface area contributed by atoms with Crippen molar-refractivity contribution in [3.63, 3.8) is 0 Å². The van der Waals surface area contributed by atoms with Crippen molar-refractivity contribution >= 4 is 11.9 Å². The number of aromatic nitrogens is 3. The highest BCUT2D eigenvalue weighted by Gasteiger charge is 2.44. The van der Waals surface area contributed by atoms with Gasteiger partial charge in [-0.1, -0.05) is 5.16 Å². The molecule has 3 heterocycles. The summed E-state index contributed by atoms with van der Waals surface area (Å²) in [4.78, 5) is 26.3. The van der Waals surface area contributed by atoms with E-state index in [1.54, 1.807) is 0 Å². The average molecular weight is 383 g/mol. The molecule has 28 heavy (non-hydrogen) atoms. The van der Waals surface area contributed by atoms with Crippen molar-refractivity contribution < 1.29 is 9.32 Å². The van der Waals surface area contributed by atoms with E-state index in [1.807, 2.05) is 43.9 Å². The zero-order chi connectivity index (χ0) is 19.9. The summed E-state index contributed by atoms with van der Waals surface area (Å²) in [5, 5.41) is 3.99. The maximum atomic E-state index is 13.0. The van der Waals surface area contributed by atoms with Gasteiger partial charge in [0, 0.05) is 50.8 Å². The summed E-state index contributed by atoms with van der Waals surface area (Å²) in [7, 11) is 3.93. The molecule has 1 spiro atoms. The average Bonchev–Trinajstić information content (AvgIpc) is 3.19. The van der Waals surface area contributed by atoms with Gasteiger partial charge in [0.25, 0.3) is 0 Å². The number of nitrogens with zero attached hydrogens (tertiary/aromatic N) is 5. The number of fused-ring (bicyclic) bond motifs is 2. The monoisotopic (exact) mass is 383 g/mol. The van der Waals surface area contributed by atoms with Crippen LogP contribution >= 0.6 is 0 Å². The van der Waals surface area contributed by atoms with E-state index in [0.29, 0.717) is 12.8 Å². The van der Waals surface area contributed by atoms with Crippen molar-refractivity contribution in [2.45, 2.75) is 57.8 Å². The van der Waals surface area contributed by atoms with Crippen LogP contribution in [0.3, 0.4) is 0 Å². The number of likely N-dealkylation sites (tertiary alicyclic amines) is 1. The van der Waals surface area contributed by atoms with Crippen molar-refractivity contribution in [2.24, 2.45) is 0 Å². The van der Waals surface area contributed by atoms with E-state index in [4.69, 9.17) is 9.51 Å². The van der Waals surface area contributed by atoms with Gasteiger partial charge in [-0.25, -0.2) is 9.97 Å². The molecule has 0 saturated carbocycles. The van der Waals surface area contributed by atoms with Crippen LogP contribution in [0.2, 0.25) is 0 Å². The summed E-state index contributed by atoms with van der Waals surface area (Å²) in [6.45, 7) is 5.45. The number of carbonyl (C=O) groups excluding carboxylic acids is 1. The van der Waals surface area contributed by atoms with Crippen LogP contribution in [0, 0.1) is 13.8 Å². The topological polar surface area (TPSA) is 75.4 Å². The fraction of sp³-hybridized carbons (Fsp3) is 0.619. The van der Waals surface area contributed by atoms with Gasteiger partial charge in [-0.05, 0) is 51.5 Å². The molecule has 1 unspecified atom stereocenters. The lowest BCUT2D eigenvalue weighted by molar-refractivity contribution is -0.133. The van der Waals surface area contributed by atoms with Crippen molar-refractivity contribution in [2.75, 3.05) is 32.1 Å². The molecule has 7 nitrogen and oxygen atoms in total. The third-order valence-electron chi connectivity index (χ3n) is 6.33. The van der Waals surface area contributed by atoms with Gasteiger partial charge in [0.1, 0.15) is 5.76 Å². The van der Waals surface area contributed by atoms with Gasteiger partial charge in [0.05, 0.1) is 11.4 Å². The molecule has 2 aromatic heterocycles. The Kier molecular flexibility index (Phi) is 4.85. The third-order valence-corrected chi connectivity index (χ3v) is 6.33. The Morgan fingerprint density at radius 3 is 2.86 bits per heavy atom. The highest BCUT2D eigenvalue weighted by molar-refractivity contribution is 5.77. The van der Waals surface area contributed by atoms with Gasteiger partial charge in [-0.2, -0.15) is 0 Å². The Morgan fingerprint density at radius 2 is 2.14 bits per heavy atom. The number of aryl methyl sites for hydroxylation is 3. The predicted octanol–water partition coefficient (Wildman–Crippen LogP) is 2.59. The van der Waals surface area contributed by atoms with Gasteiger partial charge in [-0.3, -0.25) is 4.79 Å². The lowest BCUT2D eigenvalue weighted by Gasteiger charge is -2.40. The first-order valence-electron chi connectivity index (χ1n) is 10.1. The third kappa shape index (κ3) is 3.27. The fourth-order valence-electron chi connectivity index (χ4n) is 4.74. The summed E-state index contributed by atoms with van der Waals surface area (Å²) < 4.78 is 5.23. The van der Waals surface area contributed by atoms with Gasteiger partial charge < -0.3 is 14.3 Å². The zero-order valence-corrected chi connectivity index (χ0v) is 17.3. The lowest BCUT2D eigenvalue weighted by Crippen LogP contribution is -2.48. The molecule has 4 rings (SSSR count). The van der Waals surface area contributed by atoms with Crippen LogP contribution in [0.25, 0.3) is 0 Å². The first-order valence-corrected chi connectivity index (χ1v) is 10.1. The second-order valence-corrected chi connectivity index (χ2v) is 8.44. The molecule has 2 aromatic rings. The molecule has 0 radical (unpaired) electrons. The Balaban J connectivity index is 1.50. The second kappa shape index (κ2) is 7.18. The molecule has 1 aliphatic heterocycles. The van der Waals surface area contributed by atoms with E-state index in [9.17, 15) is 4.79 Å². The Morgan fingerprint density at radius 1 is 1.32 bits per heavy atom. The molecular weight excluding hydrogens is 354 g/mol. The Labute approximate surface area is 166 Å². The van der Waals surface area contributed by atoms with E-state index in [0.717, 1.165) is 67.4 Å². The zero-order valence-electron chi connectivity index (χ0n) is 17.3. The molecule has 1 amide bonds. The maximum absolute atomic E-state index is 13.0. The first-order chi connectivity index (χ1) is 13.4. The highest BCUT2D eigenvalue weighted by atomic mass is 16.5. The van der Waals surface area contributed by atoms with Gasteiger partial charge in [0.15, 0.2) is 0 Å². The second-order valence-electron chi connectivity index (χ2n) is 8.44. The SMILES string of the molecule is Cc1noc(C)c1CCC(=O)N1CCCC2(CCc3cnc(N(C)C)nc32)C1. The quantitative estimate of drug-likeness (QED) is 0.808. The Bertz CT molecular complexity index is 867. The lowest BCUT2D eigenvalue weighted by atomic mass is 9.77. The molecule has 2 aliphatic rings. The summed E-state index contributed by atoms with van der Waals surface area (Å²) in [5.74, 6) is 1.79. The molecule has 1 atom stereocenters. The van der Waals surface area contributed by atoms with Crippen LogP contribution in [0.5, 0.6) is 0 Å². The van der Waals surface area contributed by atoms with Crippen molar-refractivity contribution in [1.82, 2.24) is 20.0 Å². The molecule has 0 bridgehead atoms. The largest absolute Gasteiger partial charge is 0.361 e. The van der Waals surface area contributed by atoms with E-state index >= 15 is 0 Å². The summed E-state index contributed by atoms with van der Waals surface area (Å²) in [5.41, 5.74) is 4.35. The first kappa shape index (κ1) is 18.9. The minimum atomic E-state index is -0.0139. The van der Waals surface area contributed by atoms with Gasteiger partial charge in [-0.15, -0.1) is 0 Å². The van der Waals surface area contributed by atoms with Crippen LogP contribution < -0.4 is 4.90 Å². The van der Waals surface area contributed by atoms with Gasteiger partial charge in [0.2, 0.25) is 11.9 Å². The van der Waals surface area contributed by atoms with Crippen LogP contribution in [0.15, 0.2) is 10.7 Å². The summed E-state index contributed by atoms with van der Waals surface area (Å²) >= 11 is 0. The number of hydrogen-bond donors (Lipinski definition) is 0. The standard InChI is InChI=1S/C21H29N5O2/c1-14-17(15(2)28-24-14)6-7-18(27)26-11-5-9-21(13-26)10-8-16-12-22-20(25(3)4)23-19(16)21/h12H,5-11,13H2,1-4H3. The highest BCUT2D eigenvalue weighted by Crippen LogP contribution is 2.44. The van der Waals surface area contributed by atoms with Gasteiger partial charge >= 0.3 is 0 Å². The van der Waals surface area contributed by atoms with Crippen molar-refractivity contribution in [3.05, 3.63) is 34.5 Å². The number of anilines is 1. The number of hydrogen-bond acceptors (Lipinski definition) is 6. The van der Waals surface area contributed by atoms with Crippen LogP contribution in [-0.2, 0) is 23.1 Å². The van der Waals surface area contributed by atoms with Crippen LogP contribution in [-0.4, -0.2) is 53.1 Å². The number of carbonyl (C=O) groups is 1. The van der Waals surface area contributed by atoms with E-state index in [2.05, 4.69) is 10.1 Å². The van der Waals surface area contributed by atoms with Crippen LogP contribution in [0.4, 0.5) is 5.95 Å². The Hall–Kier alpha value is -2.44. The minimum absolute atomic E-state index is 0.0139. The van der Waals surface area contributed by atoms with E-state index in [1.165, 1.54) is 5.56 Å². The summed E-state index contributed by atoms with van der Waals surface area (Å²) in [6, 6.07) is 0. The van der Waals surface area contributed by atoms with Crippen molar-refractivity contribution in [3.8, 4) is 0 Å². The summed E-state index contributed by atoms with van der Waals surface area (Å²) in [6.07, 6.45) is 7.34. The molecule has 7 heteroatoms. The number of rotatable bonds is 4. The molecule has 1 fully saturated rings. The smallest absolute Gasteiger partial charge is 0.225 e. The molecule has 0 aromatic carbocycles. The minimum Gasteiger partial charge on any atom is -0.361 e. The van der Waals surface area contributed by atoms with E-state index < -0.39 is 0 Å². The predicted molar refractivity (Wildman–Crippen MR) is 106 cm³/mol. The van der Waals surface area contributed by atoms with Crippen molar-refractivity contribution in [1.29, 1.82) is 0 Å². The molecule has 150 valence electrons. The molecule has 0 N–H and O–H groups in total. The normalized spacial score (nSPS) is 21.2.